The number of nitrogens with zero attached hydrogens (tertiary/aromatic N) is 1. The molecular formula is C23H33N3O2. The molecule has 1 aliphatic heterocycles. The van der Waals surface area contributed by atoms with Crippen LogP contribution in [0.2, 0.25) is 0 Å². The molecule has 0 aromatic heterocycles. The van der Waals surface area contributed by atoms with Gasteiger partial charge in [0.15, 0.2) is 0 Å². The summed E-state index contributed by atoms with van der Waals surface area (Å²) in [5.41, 5.74) is 3.97. The fourth-order valence-electron chi connectivity index (χ4n) is 3.97. The first-order valence-corrected chi connectivity index (χ1v) is 10.8. The van der Waals surface area contributed by atoms with E-state index in [-0.39, 0.29) is 0 Å². The smallest absolute Gasteiger partial charge is 0.309 e. The number of rotatable bonds is 8. The average Bonchev–Trinajstić information content (AvgIpc) is 3.27. The molecule has 2 aliphatic rings. The molecule has 1 saturated heterocycles. The van der Waals surface area contributed by atoms with Gasteiger partial charge in [-0.05, 0) is 75.5 Å². The Morgan fingerprint density at radius 2 is 1.57 bits per heavy atom. The minimum Gasteiger partial charge on any atom is -0.372 e. The van der Waals surface area contributed by atoms with E-state index in [0.29, 0.717) is 13.1 Å². The third-order valence-corrected chi connectivity index (χ3v) is 5.66. The first-order valence-electron chi connectivity index (χ1n) is 10.8. The number of allylic oxidation sites excluding steroid dienone is 1. The highest BCUT2D eigenvalue weighted by Gasteiger charge is 2.13. The number of hydrogen-bond acceptors (Lipinski definition) is 3. The van der Waals surface area contributed by atoms with Gasteiger partial charge < -0.3 is 15.5 Å². The van der Waals surface area contributed by atoms with Gasteiger partial charge in [0, 0.05) is 31.9 Å². The van der Waals surface area contributed by atoms with Crippen molar-refractivity contribution in [2.75, 3.05) is 31.1 Å². The van der Waals surface area contributed by atoms with Gasteiger partial charge in [0.25, 0.3) is 0 Å². The molecule has 2 N–H and O–H groups in total. The minimum atomic E-state index is -0.526. The topological polar surface area (TPSA) is 61.4 Å². The molecule has 5 nitrogen and oxygen atoms in total. The third-order valence-electron chi connectivity index (χ3n) is 5.66. The molecule has 1 aromatic rings. The molecule has 0 bridgehead atoms. The maximum Gasteiger partial charge on any atom is 0.309 e. The van der Waals surface area contributed by atoms with E-state index in [4.69, 9.17) is 0 Å². The summed E-state index contributed by atoms with van der Waals surface area (Å²) in [6, 6.07) is 8.72. The Morgan fingerprint density at radius 3 is 2.25 bits per heavy atom. The van der Waals surface area contributed by atoms with Crippen molar-refractivity contribution in [2.45, 2.75) is 57.8 Å². The molecule has 28 heavy (non-hydrogen) atoms. The van der Waals surface area contributed by atoms with Crippen LogP contribution in [0.5, 0.6) is 0 Å². The van der Waals surface area contributed by atoms with Crippen molar-refractivity contribution in [3.05, 3.63) is 41.5 Å². The van der Waals surface area contributed by atoms with Crippen LogP contribution in [0.1, 0.15) is 56.9 Å². The predicted molar refractivity (Wildman–Crippen MR) is 113 cm³/mol. The van der Waals surface area contributed by atoms with Crippen LogP contribution < -0.4 is 15.5 Å². The number of anilines is 1. The molecule has 0 radical (unpaired) electrons. The number of carbonyl (C=O) groups excluding carboxylic acids is 2. The Labute approximate surface area is 168 Å². The van der Waals surface area contributed by atoms with Gasteiger partial charge in [0.05, 0.1) is 0 Å². The quantitative estimate of drug-likeness (QED) is 0.411. The molecule has 152 valence electrons. The van der Waals surface area contributed by atoms with E-state index in [1.165, 1.54) is 42.5 Å². The number of nitrogens with one attached hydrogen (secondary N) is 2. The fraction of sp³-hybridized carbons (Fsp3) is 0.565. The second-order valence-corrected chi connectivity index (χ2v) is 7.83. The van der Waals surface area contributed by atoms with E-state index < -0.39 is 11.8 Å². The molecule has 1 heterocycles. The largest absolute Gasteiger partial charge is 0.372 e. The standard InChI is InChI=1S/C23H33N3O2/c27-22(23(28)25-16-14-19-7-2-1-3-8-19)24-15-6-9-20-10-12-21(13-11-20)26-17-4-5-18-26/h7,10-13H,1-6,8-9,14-18H2,(H,24,27)(H,25,28). The van der Waals surface area contributed by atoms with E-state index in [9.17, 15) is 9.59 Å². The fourth-order valence-corrected chi connectivity index (χ4v) is 3.97. The second kappa shape index (κ2) is 10.9. The highest BCUT2D eigenvalue weighted by molar-refractivity contribution is 6.35. The molecule has 0 saturated carbocycles. The summed E-state index contributed by atoms with van der Waals surface area (Å²) >= 11 is 0. The van der Waals surface area contributed by atoms with Gasteiger partial charge in [-0.25, -0.2) is 0 Å². The molecule has 2 amide bonds. The summed E-state index contributed by atoms with van der Waals surface area (Å²) in [5.74, 6) is -1.05. The summed E-state index contributed by atoms with van der Waals surface area (Å²) in [6.45, 7) is 3.38. The van der Waals surface area contributed by atoms with Gasteiger partial charge in [0.1, 0.15) is 0 Å². The Kier molecular flexibility index (Phi) is 7.94. The lowest BCUT2D eigenvalue weighted by Gasteiger charge is -2.17. The average molecular weight is 384 g/mol. The minimum absolute atomic E-state index is 0.519. The maximum absolute atomic E-state index is 11.9. The maximum atomic E-state index is 11.9. The van der Waals surface area contributed by atoms with Gasteiger partial charge in [-0.1, -0.05) is 23.8 Å². The number of aryl methyl sites for hydroxylation is 1. The highest BCUT2D eigenvalue weighted by atomic mass is 16.2. The molecule has 0 spiro atoms. The van der Waals surface area contributed by atoms with Crippen LogP contribution in [-0.2, 0) is 16.0 Å². The van der Waals surface area contributed by atoms with Crippen molar-refractivity contribution in [2.24, 2.45) is 0 Å². The molecule has 0 atom stereocenters. The summed E-state index contributed by atoms with van der Waals surface area (Å²) in [5, 5.41) is 5.45. The lowest BCUT2D eigenvalue weighted by atomic mass is 9.97. The molecule has 1 aromatic carbocycles. The Bertz CT molecular complexity index is 676. The molecule has 1 fully saturated rings. The van der Waals surface area contributed by atoms with Crippen molar-refractivity contribution >= 4 is 17.5 Å². The first kappa shape index (κ1) is 20.4. The zero-order valence-electron chi connectivity index (χ0n) is 16.8. The molecule has 0 unspecified atom stereocenters. The van der Waals surface area contributed by atoms with E-state index in [0.717, 1.165) is 45.2 Å². The number of hydrogen-bond donors (Lipinski definition) is 2. The van der Waals surface area contributed by atoms with E-state index in [2.05, 4.69) is 45.9 Å². The Morgan fingerprint density at radius 1 is 0.857 bits per heavy atom. The summed E-state index contributed by atoms with van der Waals surface area (Å²) < 4.78 is 0. The summed E-state index contributed by atoms with van der Waals surface area (Å²) in [7, 11) is 0. The van der Waals surface area contributed by atoms with E-state index in [1.54, 1.807) is 0 Å². The first-order chi connectivity index (χ1) is 13.7. The van der Waals surface area contributed by atoms with Crippen LogP contribution in [0, 0.1) is 0 Å². The van der Waals surface area contributed by atoms with Crippen LogP contribution in [0.4, 0.5) is 5.69 Å². The lowest BCUT2D eigenvalue weighted by molar-refractivity contribution is -0.139. The van der Waals surface area contributed by atoms with Gasteiger partial charge in [-0.2, -0.15) is 0 Å². The van der Waals surface area contributed by atoms with E-state index >= 15 is 0 Å². The van der Waals surface area contributed by atoms with Crippen LogP contribution in [0.25, 0.3) is 0 Å². The molecule has 5 heteroatoms. The van der Waals surface area contributed by atoms with Crippen LogP contribution >= 0.6 is 0 Å². The third kappa shape index (κ3) is 6.39. The zero-order chi connectivity index (χ0) is 19.6. The van der Waals surface area contributed by atoms with Gasteiger partial charge >= 0.3 is 11.8 Å². The van der Waals surface area contributed by atoms with Crippen molar-refractivity contribution in [1.29, 1.82) is 0 Å². The SMILES string of the molecule is O=C(NCCCc1ccc(N2CCCC2)cc1)C(=O)NCCC1=CCCCC1. The highest BCUT2D eigenvalue weighted by Crippen LogP contribution is 2.21. The lowest BCUT2D eigenvalue weighted by Crippen LogP contribution is -2.40. The molecule has 3 rings (SSSR count). The second-order valence-electron chi connectivity index (χ2n) is 7.83. The summed E-state index contributed by atoms with van der Waals surface area (Å²) in [4.78, 5) is 26.2. The van der Waals surface area contributed by atoms with Crippen molar-refractivity contribution in [3.8, 4) is 0 Å². The van der Waals surface area contributed by atoms with E-state index in [1.807, 2.05) is 0 Å². The molecular weight excluding hydrogens is 350 g/mol. The van der Waals surface area contributed by atoms with Gasteiger partial charge in [-0.3, -0.25) is 9.59 Å². The molecule has 1 aliphatic carbocycles. The number of amides is 2. The van der Waals surface area contributed by atoms with Crippen LogP contribution in [0.15, 0.2) is 35.9 Å². The van der Waals surface area contributed by atoms with Crippen molar-refractivity contribution in [3.63, 3.8) is 0 Å². The predicted octanol–water partition coefficient (Wildman–Crippen LogP) is 3.34. The number of benzene rings is 1. The number of carbonyl (C=O) groups is 2. The Hall–Kier alpha value is -2.30. The van der Waals surface area contributed by atoms with Gasteiger partial charge in [-0.15, -0.1) is 0 Å². The Balaban J connectivity index is 1.28. The van der Waals surface area contributed by atoms with Crippen LogP contribution in [-0.4, -0.2) is 38.0 Å². The zero-order valence-corrected chi connectivity index (χ0v) is 16.8. The van der Waals surface area contributed by atoms with Gasteiger partial charge in [0.2, 0.25) is 0 Å². The summed E-state index contributed by atoms with van der Waals surface area (Å²) in [6.07, 6.45) is 12.2. The van der Waals surface area contributed by atoms with Crippen LogP contribution in [0.3, 0.4) is 0 Å². The van der Waals surface area contributed by atoms with Crippen molar-refractivity contribution < 1.29 is 9.59 Å². The normalized spacial score (nSPS) is 16.6. The van der Waals surface area contributed by atoms with Crippen molar-refractivity contribution in [1.82, 2.24) is 10.6 Å². The monoisotopic (exact) mass is 383 g/mol.